The number of carbonyl (C=O) groups excluding carboxylic acids is 1. The minimum Gasteiger partial charge on any atom is -0.349 e. The number of hydrogen-bond acceptors (Lipinski definition) is 1. The third-order valence-corrected chi connectivity index (χ3v) is 4.92. The standard InChI is InChI=1S/C16H13BrINO/c17-15-6-5-12(18)9-14(15)16(20)19-13-7-10-3-1-2-4-11(10)8-13/h1-6,9,13H,7-8H2,(H,19,20). The van der Waals surface area contributed by atoms with Crippen molar-refractivity contribution in [2.45, 2.75) is 18.9 Å². The summed E-state index contributed by atoms with van der Waals surface area (Å²) < 4.78 is 1.90. The Hall–Kier alpha value is -0.880. The second-order valence-corrected chi connectivity index (χ2v) is 7.07. The molecule has 1 N–H and O–H groups in total. The zero-order valence-corrected chi connectivity index (χ0v) is 14.4. The summed E-state index contributed by atoms with van der Waals surface area (Å²) in [7, 11) is 0. The lowest BCUT2D eigenvalue weighted by Gasteiger charge is -2.13. The summed E-state index contributed by atoms with van der Waals surface area (Å²) in [6.07, 6.45) is 1.84. The first-order valence-electron chi connectivity index (χ1n) is 6.46. The molecule has 0 aromatic heterocycles. The number of carbonyl (C=O) groups is 1. The van der Waals surface area contributed by atoms with Gasteiger partial charge in [-0.15, -0.1) is 0 Å². The maximum absolute atomic E-state index is 12.4. The number of rotatable bonds is 2. The van der Waals surface area contributed by atoms with Crippen molar-refractivity contribution >= 4 is 44.4 Å². The Morgan fingerprint density at radius 2 is 1.80 bits per heavy atom. The molecule has 102 valence electrons. The number of nitrogens with one attached hydrogen (secondary N) is 1. The van der Waals surface area contributed by atoms with Gasteiger partial charge in [-0.1, -0.05) is 24.3 Å². The minimum atomic E-state index is -0.00630. The SMILES string of the molecule is O=C(NC1Cc2ccccc2C1)c1cc(I)ccc1Br. The molecule has 0 fully saturated rings. The Balaban J connectivity index is 1.74. The molecule has 2 nitrogen and oxygen atoms in total. The highest BCUT2D eigenvalue weighted by atomic mass is 127. The van der Waals surface area contributed by atoms with Gasteiger partial charge in [-0.25, -0.2) is 0 Å². The summed E-state index contributed by atoms with van der Waals surface area (Å²) in [5.74, 6) is -0.00630. The van der Waals surface area contributed by atoms with Gasteiger partial charge in [0.05, 0.1) is 5.56 Å². The highest BCUT2D eigenvalue weighted by Crippen LogP contribution is 2.23. The number of halogens is 2. The maximum atomic E-state index is 12.4. The average Bonchev–Trinajstić information content (AvgIpc) is 2.83. The van der Waals surface area contributed by atoms with Crippen molar-refractivity contribution in [1.82, 2.24) is 5.32 Å². The van der Waals surface area contributed by atoms with E-state index in [9.17, 15) is 4.79 Å². The maximum Gasteiger partial charge on any atom is 0.252 e. The van der Waals surface area contributed by atoms with Gasteiger partial charge in [0.15, 0.2) is 0 Å². The molecular weight excluding hydrogens is 429 g/mol. The van der Waals surface area contributed by atoms with Crippen LogP contribution < -0.4 is 5.32 Å². The fourth-order valence-corrected chi connectivity index (χ4v) is 3.51. The molecule has 0 spiro atoms. The number of fused-ring (bicyclic) bond motifs is 1. The van der Waals surface area contributed by atoms with Gasteiger partial charge in [0.1, 0.15) is 0 Å². The molecule has 1 aliphatic carbocycles. The largest absolute Gasteiger partial charge is 0.349 e. The van der Waals surface area contributed by atoms with Gasteiger partial charge in [-0.05, 0) is 80.7 Å². The van der Waals surface area contributed by atoms with Gasteiger partial charge < -0.3 is 5.32 Å². The highest BCUT2D eigenvalue weighted by Gasteiger charge is 2.23. The summed E-state index contributed by atoms with van der Waals surface area (Å²) >= 11 is 5.66. The van der Waals surface area contributed by atoms with Crippen LogP contribution in [0.2, 0.25) is 0 Å². The molecule has 2 aromatic rings. The van der Waals surface area contributed by atoms with Crippen LogP contribution in [0.15, 0.2) is 46.9 Å². The lowest BCUT2D eigenvalue weighted by atomic mass is 10.1. The molecule has 0 radical (unpaired) electrons. The zero-order valence-electron chi connectivity index (χ0n) is 10.7. The van der Waals surface area contributed by atoms with Crippen molar-refractivity contribution in [2.24, 2.45) is 0 Å². The number of hydrogen-bond donors (Lipinski definition) is 1. The molecule has 0 saturated carbocycles. The van der Waals surface area contributed by atoms with Crippen LogP contribution in [0.4, 0.5) is 0 Å². The van der Waals surface area contributed by atoms with Gasteiger partial charge in [0, 0.05) is 14.1 Å². The quantitative estimate of drug-likeness (QED) is 0.702. The van der Waals surface area contributed by atoms with Crippen molar-refractivity contribution in [3.63, 3.8) is 0 Å². The van der Waals surface area contributed by atoms with E-state index in [1.165, 1.54) is 11.1 Å². The van der Waals surface area contributed by atoms with Gasteiger partial charge in [-0.2, -0.15) is 0 Å². The molecule has 0 atom stereocenters. The minimum absolute atomic E-state index is 0.00630. The number of amides is 1. The molecule has 3 rings (SSSR count). The Labute approximate surface area is 140 Å². The van der Waals surface area contributed by atoms with Gasteiger partial charge >= 0.3 is 0 Å². The predicted octanol–water partition coefficient (Wildman–Crippen LogP) is 3.95. The third kappa shape index (κ3) is 2.91. The lowest BCUT2D eigenvalue weighted by Crippen LogP contribution is -2.35. The van der Waals surface area contributed by atoms with Crippen molar-refractivity contribution in [3.05, 3.63) is 67.2 Å². The van der Waals surface area contributed by atoms with E-state index < -0.39 is 0 Å². The summed E-state index contributed by atoms with van der Waals surface area (Å²) in [6, 6.07) is 14.4. The second kappa shape index (κ2) is 5.85. The molecule has 0 saturated heterocycles. The molecule has 0 aliphatic heterocycles. The summed E-state index contributed by atoms with van der Waals surface area (Å²) in [5.41, 5.74) is 3.40. The van der Waals surface area contributed by atoms with Crippen LogP contribution in [0.1, 0.15) is 21.5 Å². The summed E-state index contributed by atoms with van der Waals surface area (Å²) in [6.45, 7) is 0. The fourth-order valence-electron chi connectivity index (χ4n) is 2.60. The van der Waals surface area contributed by atoms with Gasteiger partial charge in [0.2, 0.25) is 0 Å². The molecule has 0 unspecified atom stereocenters. The van der Waals surface area contributed by atoms with Crippen molar-refractivity contribution in [2.75, 3.05) is 0 Å². The van der Waals surface area contributed by atoms with Crippen LogP contribution >= 0.6 is 38.5 Å². The van der Waals surface area contributed by atoms with E-state index in [2.05, 4.69) is 68.1 Å². The van der Waals surface area contributed by atoms with Crippen LogP contribution in [-0.4, -0.2) is 11.9 Å². The lowest BCUT2D eigenvalue weighted by molar-refractivity contribution is 0.0938. The predicted molar refractivity (Wildman–Crippen MR) is 92.0 cm³/mol. The monoisotopic (exact) mass is 441 g/mol. The molecule has 1 aliphatic rings. The molecule has 4 heteroatoms. The van der Waals surface area contributed by atoms with Crippen LogP contribution in [0, 0.1) is 3.57 Å². The Morgan fingerprint density at radius 1 is 1.15 bits per heavy atom. The topological polar surface area (TPSA) is 29.1 Å². The Morgan fingerprint density at radius 3 is 2.45 bits per heavy atom. The van der Waals surface area contributed by atoms with Crippen molar-refractivity contribution in [1.29, 1.82) is 0 Å². The molecular formula is C16H13BrINO. The Kier molecular flexibility index (Phi) is 4.12. The summed E-state index contributed by atoms with van der Waals surface area (Å²) in [4.78, 5) is 12.4. The summed E-state index contributed by atoms with van der Waals surface area (Å²) in [5, 5.41) is 3.14. The first-order chi connectivity index (χ1) is 9.63. The highest BCUT2D eigenvalue weighted by molar-refractivity contribution is 14.1. The van der Waals surface area contributed by atoms with E-state index in [0.29, 0.717) is 5.56 Å². The molecule has 0 heterocycles. The number of benzene rings is 2. The van der Waals surface area contributed by atoms with Crippen LogP contribution in [0.5, 0.6) is 0 Å². The van der Waals surface area contributed by atoms with Crippen LogP contribution in [0.3, 0.4) is 0 Å². The average molecular weight is 442 g/mol. The van der Waals surface area contributed by atoms with Crippen LogP contribution in [-0.2, 0) is 12.8 Å². The van der Waals surface area contributed by atoms with Crippen molar-refractivity contribution in [3.8, 4) is 0 Å². The van der Waals surface area contributed by atoms with Crippen LogP contribution in [0.25, 0.3) is 0 Å². The van der Waals surface area contributed by atoms with E-state index in [1.807, 2.05) is 18.2 Å². The Bertz CT molecular complexity index is 646. The molecule has 1 amide bonds. The van der Waals surface area contributed by atoms with E-state index in [4.69, 9.17) is 0 Å². The molecule has 2 aromatic carbocycles. The van der Waals surface area contributed by atoms with E-state index in [0.717, 1.165) is 20.9 Å². The second-order valence-electron chi connectivity index (χ2n) is 4.97. The van der Waals surface area contributed by atoms with Gasteiger partial charge in [0.25, 0.3) is 5.91 Å². The smallest absolute Gasteiger partial charge is 0.252 e. The normalized spacial score (nSPS) is 14.1. The first kappa shape index (κ1) is 14.1. The van der Waals surface area contributed by atoms with E-state index in [1.54, 1.807) is 0 Å². The first-order valence-corrected chi connectivity index (χ1v) is 8.33. The van der Waals surface area contributed by atoms with E-state index in [-0.39, 0.29) is 11.9 Å². The van der Waals surface area contributed by atoms with Crippen molar-refractivity contribution < 1.29 is 4.79 Å². The van der Waals surface area contributed by atoms with E-state index >= 15 is 0 Å². The van der Waals surface area contributed by atoms with Gasteiger partial charge in [-0.3, -0.25) is 4.79 Å². The molecule has 20 heavy (non-hydrogen) atoms. The molecule has 0 bridgehead atoms. The fraction of sp³-hybridized carbons (Fsp3) is 0.188. The zero-order chi connectivity index (χ0) is 14.1. The third-order valence-electron chi connectivity index (χ3n) is 3.56.